The zero-order valence-corrected chi connectivity index (χ0v) is 12.7. The summed E-state index contributed by atoms with van der Waals surface area (Å²) < 4.78 is 0. The van der Waals surface area contributed by atoms with Crippen LogP contribution in [0.1, 0.15) is 18.4 Å². The van der Waals surface area contributed by atoms with Gasteiger partial charge in [0.15, 0.2) is 5.16 Å². The van der Waals surface area contributed by atoms with E-state index in [-0.39, 0.29) is 0 Å². The van der Waals surface area contributed by atoms with Crippen LogP contribution in [0.15, 0.2) is 34.3 Å². The van der Waals surface area contributed by atoms with E-state index in [0.29, 0.717) is 17.1 Å². The maximum Gasteiger partial charge on any atom is 0.242 e. The van der Waals surface area contributed by atoms with Crippen molar-refractivity contribution in [1.29, 1.82) is 0 Å². The van der Waals surface area contributed by atoms with Gasteiger partial charge in [-0.15, -0.1) is 0 Å². The number of rotatable bonds is 4. The number of hydrazine groups is 1. The molecule has 21 heavy (non-hydrogen) atoms. The number of aromatic nitrogens is 3. The molecule has 6 nitrogen and oxygen atoms in total. The highest BCUT2D eigenvalue weighted by molar-refractivity contribution is 7.99. The molecule has 2 heterocycles. The molecule has 0 aliphatic carbocycles. The third-order valence-corrected chi connectivity index (χ3v) is 4.17. The van der Waals surface area contributed by atoms with E-state index in [2.05, 4.69) is 44.3 Å². The van der Waals surface area contributed by atoms with Crippen LogP contribution in [-0.4, -0.2) is 28.0 Å². The Morgan fingerprint density at radius 3 is 2.71 bits per heavy atom. The van der Waals surface area contributed by atoms with Crippen molar-refractivity contribution < 1.29 is 0 Å². The van der Waals surface area contributed by atoms with Crippen molar-refractivity contribution in [1.82, 2.24) is 15.0 Å². The van der Waals surface area contributed by atoms with Gasteiger partial charge in [-0.2, -0.15) is 15.0 Å². The highest BCUT2D eigenvalue weighted by Gasteiger charge is 2.17. The van der Waals surface area contributed by atoms with E-state index in [0.717, 1.165) is 18.0 Å². The van der Waals surface area contributed by atoms with Crippen molar-refractivity contribution >= 4 is 23.7 Å². The predicted octanol–water partition coefficient (Wildman–Crippen LogP) is 2.22. The fraction of sp³-hybridized carbons (Fsp3) is 0.357. The van der Waals surface area contributed by atoms with Crippen LogP contribution < -0.4 is 16.2 Å². The van der Waals surface area contributed by atoms with Crippen molar-refractivity contribution in [2.75, 3.05) is 23.4 Å². The smallest absolute Gasteiger partial charge is 0.242 e. The Morgan fingerprint density at radius 2 is 2.00 bits per heavy atom. The summed E-state index contributed by atoms with van der Waals surface area (Å²) in [5.74, 6) is 6.58. The van der Waals surface area contributed by atoms with Crippen LogP contribution in [0.2, 0.25) is 0 Å². The molecule has 0 radical (unpaired) electrons. The second kappa shape index (κ2) is 6.28. The number of nitrogens with zero attached hydrogens (tertiary/aromatic N) is 4. The molecule has 1 aromatic carbocycles. The molecule has 1 fully saturated rings. The number of aryl methyl sites for hydroxylation is 1. The van der Waals surface area contributed by atoms with Crippen LogP contribution in [0.25, 0.3) is 0 Å². The lowest BCUT2D eigenvalue weighted by Crippen LogP contribution is -2.22. The zero-order valence-electron chi connectivity index (χ0n) is 11.9. The molecule has 2 aromatic rings. The number of anilines is 2. The van der Waals surface area contributed by atoms with Gasteiger partial charge in [-0.05, 0) is 43.7 Å². The summed E-state index contributed by atoms with van der Waals surface area (Å²) in [6.45, 7) is 4.05. The zero-order chi connectivity index (χ0) is 14.7. The SMILES string of the molecule is Cc1cccc(Sc2nc(NN)nc(N3CCCC3)n2)c1. The summed E-state index contributed by atoms with van der Waals surface area (Å²) in [6, 6.07) is 8.26. The highest BCUT2D eigenvalue weighted by atomic mass is 32.2. The van der Waals surface area contributed by atoms with E-state index in [1.165, 1.54) is 30.2 Å². The first-order valence-electron chi connectivity index (χ1n) is 6.97. The van der Waals surface area contributed by atoms with Crippen molar-refractivity contribution in [2.45, 2.75) is 29.8 Å². The van der Waals surface area contributed by atoms with E-state index in [1.54, 1.807) is 0 Å². The minimum absolute atomic E-state index is 0.405. The normalized spacial score (nSPS) is 14.5. The lowest BCUT2D eigenvalue weighted by molar-refractivity contribution is 0.827. The number of hydrogen-bond acceptors (Lipinski definition) is 7. The third kappa shape index (κ3) is 3.43. The average molecular weight is 302 g/mol. The molecule has 0 bridgehead atoms. The molecule has 1 saturated heterocycles. The van der Waals surface area contributed by atoms with Gasteiger partial charge in [0.05, 0.1) is 0 Å². The Morgan fingerprint density at radius 1 is 1.19 bits per heavy atom. The van der Waals surface area contributed by atoms with Gasteiger partial charge in [-0.3, -0.25) is 5.43 Å². The molecule has 3 rings (SSSR count). The Kier molecular flexibility index (Phi) is 4.21. The molecule has 3 N–H and O–H groups in total. The molecule has 0 unspecified atom stereocenters. The number of hydrogen-bond donors (Lipinski definition) is 2. The van der Waals surface area contributed by atoms with Gasteiger partial charge in [0.25, 0.3) is 0 Å². The largest absolute Gasteiger partial charge is 0.341 e. The molecule has 1 aliphatic rings. The molecule has 7 heteroatoms. The predicted molar refractivity (Wildman–Crippen MR) is 84.4 cm³/mol. The Hall–Kier alpha value is -1.86. The van der Waals surface area contributed by atoms with Gasteiger partial charge >= 0.3 is 0 Å². The topological polar surface area (TPSA) is 80.0 Å². The van der Waals surface area contributed by atoms with Crippen LogP contribution in [0.5, 0.6) is 0 Å². The maximum atomic E-state index is 5.47. The Bertz CT molecular complexity index is 627. The molecular formula is C14H18N6S. The minimum atomic E-state index is 0.405. The summed E-state index contributed by atoms with van der Waals surface area (Å²) in [5, 5.41) is 0.658. The van der Waals surface area contributed by atoms with Gasteiger partial charge in [0, 0.05) is 18.0 Å². The first-order chi connectivity index (χ1) is 10.2. The van der Waals surface area contributed by atoms with Gasteiger partial charge in [-0.25, -0.2) is 5.84 Å². The van der Waals surface area contributed by atoms with Gasteiger partial charge in [0.2, 0.25) is 11.9 Å². The van der Waals surface area contributed by atoms with E-state index >= 15 is 0 Å². The molecule has 0 amide bonds. The molecule has 1 aromatic heterocycles. The van der Waals surface area contributed by atoms with Crippen molar-refractivity contribution in [3.05, 3.63) is 29.8 Å². The second-order valence-electron chi connectivity index (χ2n) is 5.00. The van der Waals surface area contributed by atoms with Crippen molar-refractivity contribution in [3.63, 3.8) is 0 Å². The summed E-state index contributed by atoms with van der Waals surface area (Å²) in [4.78, 5) is 16.5. The van der Waals surface area contributed by atoms with Crippen LogP contribution >= 0.6 is 11.8 Å². The molecule has 110 valence electrons. The van der Waals surface area contributed by atoms with Crippen LogP contribution in [0.4, 0.5) is 11.9 Å². The maximum absolute atomic E-state index is 5.47. The molecular weight excluding hydrogens is 284 g/mol. The lowest BCUT2D eigenvalue weighted by atomic mass is 10.2. The number of benzene rings is 1. The number of nitrogens with one attached hydrogen (secondary N) is 1. The Balaban J connectivity index is 1.88. The minimum Gasteiger partial charge on any atom is -0.341 e. The van der Waals surface area contributed by atoms with Crippen LogP contribution in [-0.2, 0) is 0 Å². The first kappa shape index (κ1) is 14.1. The summed E-state index contributed by atoms with van der Waals surface area (Å²) in [7, 11) is 0. The fourth-order valence-corrected chi connectivity index (χ4v) is 3.16. The van der Waals surface area contributed by atoms with Crippen molar-refractivity contribution in [2.24, 2.45) is 5.84 Å². The van der Waals surface area contributed by atoms with E-state index in [9.17, 15) is 0 Å². The van der Waals surface area contributed by atoms with Crippen molar-refractivity contribution in [3.8, 4) is 0 Å². The van der Waals surface area contributed by atoms with Crippen LogP contribution in [0.3, 0.4) is 0 Å². The van der Waals surface area contributed by atoms with Gasteiger partial charge in [0.1, 0.15) is 0 Å². The van der Waals surface area contributed by atoms with E-state index < -0.39 is 0 Å². The van der Waals surface area contributed by atoms with Gasteiger partial charge < -0.3 is 4.90 Å². The first-order valence-corrected chi connectivity index (χ1v) is 7.78. The summed E-state index contributed by atoms with van der Waals surface area (Å²) >= 11 is 1.52. The van der Waals surface area contributed by atoms with E-state index in [4.69, 9.17) is 5.84 Å². The monoisotopic (exact) mass is 302 g/mol. The standard InChI is InChI=1S/C14H18N6S/c1-10-5-4-6-11(9-10)21-14-17-12(19-15)16-13(18-14)20-7-2-3-8-20/h4-6,9H,2-3,7-8,15H2,1H3,(H,16,17,18,19). The quantitative estimate of drug-likeness (QED) is 0.662. The molecule has 1 aliphatic heterocycles. The number of nitrogen functional groups attached to an aromatic ring is 1. The summed E-state index contributed by atoms with van der Waals surface area (Å²) in [6.07, 6.45) is 2.36. The summed E-state index contributed by atoms with van der Waals surface area (Å²) in [5.41, 5.74) is 3.74. The molecule has 0 atom stereocenters. The van der Waals surface area contributed by atoms with E-state index in [1.807, 2.05) is 12.1 Å². The molecule has 0 saturated carbocycles. The van der Waals surface area contributed by atoms with Gasteiger partial charge in [-0.1, -0.05) is 17.7 Å². The lowest BCUT2D eigenvalue weighted by Gasteiger charge is -2.16. The fourth-order valence-electron chi connectivity index (χ4n) is 2.30. The highest BCUT2D eigenvalue weighted by Crippen LogP contribution is 2.27. The van der Waals surface area contributed by atoms with Crippen LogP contribution in [0, 0.1) is 6.92 Å². The number of nitrogens with two attached hydrogens (primary N) is 1. The Labute approximate surface area is 128 Å². The third-order valence-electron chi connectivity index (χ3n) is 3.32. The average Bonchev–Trinajstić information content (AvgIpc) is 3.01. The molecule has 0 spiro atoms. The second-order valence-corrected chi connectivity index (χ2v) is 6.04.